The van der Waals surface area contributed by atoms with Crippen LogP contribution in [0.15, 0.2) is 53.3 Å². The topological polar surface area (TPSA) is 123 Å². The summed E-state index contributed by atoms with van der Waals surface area (Å²) in [6.45, 7) is 6.50. The van der Waals surface area contributed by atoms with Gasteiger partial charge in [0.05, 0.1) is 32.4 Å². The van der Waals surface area contributed by atoms with Gasteiger partial charge in [0.1, 0.15) is 11.9 Å². The second-order valence-corrected chi connectivity index (χ2v) is 9.33. The maximum Gasteiger partial charge on any atom is 0.258 e. The molecule has 1 atom stereocenters. The number of aromatic nitrogens is 2. The first-order valence-electron chi connectivity index (χ1n) is 12.6. The molecular formula is C29H35N5O4. The highest BCUT2D eigenvalue weighted by atomic mass is 16.5. The Hall–Kier alpha value is -4.16. The molecule has 9 heteroatoms. The van der Waals surface area contributed by atoms with Crippen LogP contribution in [0.1, 0.15) is 59.3 Å². The highest BCUT2D eigenvalue weighted by molar-refractivity contribution is 5.95. The van der Waals surface area contributed by atoms with E-state index in [2.05, 4.69) is 11.1 Å². The second kappa shape index (κ2) is 12.9. The number of carbonyl (C=O) groups excluding carboxylic acids is 1. The number of nitriles is 1. The van der Waals surface area contributed by atoms with Gasteiger partial charge in [-0.2, -0.15) is 5.26 Å². The maximum atomic E-state index is 14.0. The number of amides is 1. The zero-order chi connectivity index (χ0) is 27.8. The van der Waals surface area contributed by atoms with E-state index < -0.39 is 6.04 Å². The van der Waals surface area contributed by atoms with Crippen molar-refractivity contribution in [3.8, 4) is 17.6 Å². The van der Waals surface area contributed by atoms with Gasteiger partial charge in [0, 0.05) is 12.1 Å². The van der Waals surface area contributed by atoms with E-state index in [0.29, 0.717) is 42.4 Å². The van der Waals surface area contributed by atoms with Gasteiger partial charge in [-0.1, -0.05) is 44.2 Å². The third-order valence-electron chi connectivity index (χ3n) is 6.44. The minimum Gasteiger partial charge on any atom is -0.493 e. The molecule has 0 aliphatic rings. The Kier molecular flexibility index (Phi) is 9.63. The summed E-state index contributed by atoms with van der Waals surface area (Å²) in [6, 6.07) is 16.0. The van der Waals surface area contributed by atoms with Crippen molar-refractivity contribution in [2.75, 3.05) is 27.3 Å². The van der Waals surface area contributed by atoms with Crippen molar-refractivity contribution in [1.82, 2.24) is 14.5 Å². The third kappa shape index (κ3) is 6.03. The first-order valence-corrected chi connectivity index (χ1v) is 12.6. The summed E-state index contributed by atoms with van der Waals surface area (Å²) < 4.78 is 12.3. The lowest BCUT2D eigenvalue weighted by Gasteiger charge is -2.35. The Morgan fingerprint density at radius 1 is 1.13 bits per heavy atom. The summed E-state index contributed by atoms with van der Waals surface area (Å²) in [5, 5.41) is 9.76. The number of rotatable bonds is 11. The quantitative estimate of drug-likeness (QED) is 0.411. The monoisotopic (exact) mass is 517 g/mol. The van der Waals surface area contributed by atoms with Crippen molar-refractivity contribution in [2.45, 2.75) is 39.8 Å². The number of hydrogen-bond acceptors (Lipinski definition) is 7. The summed E-state index contributed by atoms with van der Waals surface area (Å²) in [5.41, 5.74) is 7.17. The largest absolute Gasteiger partial charge is 0.493 e. The highest BCUT2D eigenvalue weighted by Gasteiger charge is 2.33. The molecule has 0 saturated carbocycles. The number of carbonyl (C=O) groups is 1. The van der Waals surface area contributed by atoms with Gasteiger partial charge in [0.25, 0.3) is 11.5 Å². The molecule has 0 aliphatic heterocycles. The summed E-state index contributed by atoms with van der Waals surface area (Å²) in [6.07, 6.45) is 0.544. The van der Waals surface area contributed by atoms with E-state index >= 15 is 0 Å². The molecule has 1 aromatic heterocycles. The number of nitrogens with zero attached hydrogens (tertiary/aromatic N) is 4. The Bertz CT molecular complexity index is 1360. The molecule has 1 unspecified atom stereocenters. The predicted molar refractivity (Wildman–Crippen MR) is 145 cm³/mol. The number of benzene rings is 2. The normalized spacial score (nSPS) is 11.6. The fourth-order valence-corrected chi connectivity index (χ4v) is 4.48. The Labute approximate surface area is 223 Å². The minimum atomic E-state index is -0.605. The molecule has 0 bridgehead atoms. The molecule has 200 valence electrons. The highest BCUT2D eigenvalue weighted by Crippen LogP contribution is 2.32. The molecule has 0 fully saturated rings. The SMILES string of the molecule is COc1ccc(C(=O)N(CCCN)C(c2nc(C#N)c(C)c(=O)n2Cc2ccccc2)C(C)C)cc1OC. The van der Waals surface area contributed by atoms with Crippen LogP contribution >= 0.6 is 0 Å². The zero-order valence-electron chi connectivity index (χ0n) is 22.6. The number of ether oxygens (including phenoxy) is 2. The Morgan fingerprint density at radius 3 is 2.39 bits per heavy atom. The molecule has 0 aliphatic carbocycles. The average molecular weight is 518 g/mol. The van der Waals surface area contributed by atoms with Crippen LogP contribution in [0.25, 0.3) is 0 Å². The average Bonchev–Trinajstić information content (AvgIpc) is 2.93. The van der Waals surface area contributed by atoms with Crippen LogP contribution in [0, 0.1) is 24.2 Å². The van der Waals surface area contributed by atoms with Gasteiger partial charge >= 0.3 is 0 Å². The van der Waals surface area contributed by atoms with Gasteiger partial charge in [-0.15, -0.1) is 0 Å². The van der Waals surface area contributed by atoms with E-state index in [4.69, 9.17) is 15.2 Å². The lowest BCUT2D eigenvalue weighted by Crippen LogP contribution is -2.43. The zero-order valence-corrected chi connectivity index (χ0v) is 22.6. The first-order chi connectivity index (χ1) is 18.3. The van der Waals surface area contributed by atoms with Crippen LogP contribution in [0.3, 0.4) is 0 Å². The van der Waals surface area contributed by atoms with E-state index in [1.54, 1.807) is 34.6 Å². The molecule has 9 nitrogen and oxygen atoms in total. The molecular weight excluding hydrogens is 482 g/mol. The summed E-state index contributed by atoms with van der Waals surface area (Å²) >= 11 is 0. The van der Waals surface area contributed by atoms with E-state index in [0.717, 1.165) is 5.56 Å². The Balaban J connectivity index is 2.22. The molecule has 2 aromatic carbocycles. The first kappa shape index (κ1) is 28.4. The molecule has 0 radical (unpaired) electrons. The minimum absolute atomic E-state index is 0.0531. The van der Waals surface area contributed by atoms with Gasteiger partial charge in [-0.25, -0.2) is 4.98 Å². The van der Waals surface area contributed by atoms with E-state index in [1.165, 1.54) is 14.2 Å². The van der Waals surface area contributed by atoms with E-state index in [1.807, 2.05) is 44.2 Å². The van der Waals surface area contributed by atoms with Crippen molar-refractivity contribution >= 4 is 5.91 Å². The van der Waals surface area contributed by atoms with Crippen molar-refractivity contribution in [1.29, 1.82) is 5.26 Å². The number of hydrogen-bond donors (Lipinski definition) is 1. The van der Waals surface area contributed by atoms with Gasteiger partial charge < -0.3 is 20.1 Å². The fourth-order valence-electron chi connectivity index (χ4n) is 4.48. The van der Waals surface area contributed by atoms with Crippen LogP contribution in [-0.4, -0.2) is 47.7 Å². The molecule has 2 N–H and O–H groups in total. The van der Waals surface area contributed by atoms with Crippen LogP contribution in [0.5, 0.6) is 11.5 Å². The molecule has 3 rings (SSSR count). The van der Waals surface area contributed by atoms with Crippen LogP contribution in [0.2, 0.25) is 0 Å². The number of nitrogens with two attached hydrogens (primary N) is 1. The fraction of sp³-hybridized carbons (Fsp3) is 0.379. The molecule has 1 heterocycles. The van der Waals surface area contributed by atoms with Gasteiger partial charge in [0.15, 0.2) is 17.2 Å². The van der Waals surface area contributed by atoms with Crippen LogP contribution < -0.4 is 20.8 Å². The summed E-state index contributed by atoms with van der Waals surface area (Å²) in [4.78, 5) is 33.9. The molecule has 38 heavy (non-hydrogen) atoms. The van der Waals surface area contributed by atoms with Crippen LogP contribution in [-0.2, 0) is 6.54 Å². The second-order valence-electron chi connectivity index (χ2n) is 9.33. The molecule has 0 saturated heterocycles. The van der Waals surface area contributed by atoms with Crippen molar-refractivity contribution in [3.63, 3.8) is 0 Å². The van der Waals surface area contributed by atoms with Crippen molar-refractivity contribution in [3.05, 3.63) is 87.1 Å². The lowest BCUT2D eigenvalue weighted by atomic mass is 9.98. The van der Waals surface area contributed by atoms with Crippen molar-refractivity contribution < 1.29 is 14.3 Å². The molecule has 1 amide bonds. The Morgan fingerprint density at radius 2 is 1.82 bits per heavy atom. The van der Waals surface area contributed by atoms with E-state index in [-0.39, 0.29) is 35.2 Å². The molecule has 0 spiro atoms. The van der Waals surface area contributed by atoms with Crippen molar-refractivity contribution in [2.24, 2.45) is 11.7 Å². The summed E-state index contributed by atoms with van der Waals surface area (Å²) in [5.74, 6) is 0.896. The van der Waals surface area contributed by atoms with Crippen LogP contribution in [0.4, 0.5) is 0 Å². The maximum absolute atomic E-state index is 14.0. The van der Waals surface area contributed by atoms with E-state index in [9.17, 15) is 14.9 Å². The number of methoxy groups -OCH3 is 2. The standard InChI is InChI=1S/C29H35N5O4/c1-19(2)26(33(15-9-14-30)29(36)22-12-13-24(37-4)25(16-22)38-5)27-32-23(17-31)20(3)28(35)34(27)18-21-10-7-6-8-11-21/h6-8,10-13,16,19,26H,9,14-15,18,30H2,1-5H3. The van der Waals surface area contributed by atoms with Gasteiger partial charge in [-0.3, -0.25) is 14.2 Å². The van der Waals surface area contributed by atoms with Gasteiger partial charge in [0.2, 0.25) is 0 Å². The van der Waals surface area contributed by atoms with Gasteiger partial charge in [-0.05, 0) is 49.6 Å². The lowest BCUT2D eigenvalue weighted by molar-refractivity contribution is 0.0601. The molecule has 3 aromatic rings. The predicted octanol–water partition coefficient (Wildman–Crippen LogP) is 3.68. The smallest absolute Gasteiger partial charge is 0.258 e. The third-order valence-corrected chi connectivity index (χ3v) is 6.44. The summed E-state index contributed by atoms with van der Waals surface area (Å²) in [7, 11) is 3.04.